The van der Waals surface area contributed by atoms with E-state index in [0.717, 1.165) is 0 Å². The van der Waals surface area contributed by atoms with E-state index in [2.05, 4.69) is 16.3 Å². The second kappa shape index (κ2) is 6.36. The molecule has 1 heterocycles. The summed E-state index contributed by atoms with van der Waals surface area (Å²) in [6, 6.07) is -0.637. The fourth-order valence-corrected chi connectivity index (χ4v) is 1.26. The van der Waals surface area contributed by atoms with E-state index in [-0.39, 0.29) is 24.2 Å². The van der Waals surface area contributed by atoms with Gasteiger partial charge in [-0.25, -0.2) is 10.2 Å². The molecule has 1 aliphatic rings. The number of hydrazone groups is 1. The molecule has 0 aromatic heterocycles. The zero-order chi connectivity index (χ0) is 10.6. The van der Waals surface area contributed by atoms with Crippen LogP contribution in [0.25, 0.3) is 0 Å². The lowest BCUT2D eigenvalue weighted by molar-refractivity contribution is -0.409. The minimum atomic E-state index is -0.921. The number of hydrogen-bond donors (Lipinski definition) is 3. The summed E-state index contributed by atoms with van der Waals surface area (Å²) in [5.41, 5.74) is 5.83. The average Bonchev–Trinajstić information content (AvgIpc) is 2.16. The van der Waals surface area contributed by atoms with E-state index < -0.39 is 12.0 Å². The fraction of sp³-hybridized carbons (Fsp3) is 0.625. The molecule has 0 radical (unpaired) electrons. The van der Waals surface area contributed by atoms with Crippen LogP contribution in [0.2, 0.25) is 0 Å². The second-order valence-electron chi connectivity index (χ2n) is 3.33. The predicted molar refractivity (Wildman–Crippen MR) is 48.3 cm³/mol. The number of carboxylic acid groups (broad SMARTS) is 1. The Kier molecular flexibility index (Phi) is 5.88. The highest BCUT2D eigenvalue weighted by Gasteiger charge is 2.23. The van der Waals surface area contributed by atoms with Crippen molar-refractivity contribution in [3.8, 4) is 0 Å². The molecule has 15 heavy (non-hydrogen) atoms. The molecule has 0 unspecified atom stereocenters. The van der Waals surface area contributed by atoms with Crippen LogP contribution < -0.4 is 23.6 Å². The van der Waals surface area contributed by atoms with Crippen molar-refractivity contribution in [2.45, 2.75) is 25.3 Å². The topological polar surface area (TPSA) is 106 Å². The predicted octanol–water partition coefficient (Wildman–Crippen LogP) is -4.41. The first-order valence-corrected chi connectivity index (χ1v) is 4.48. The molecule has 0 fully saturated rings. The van der Waals surface area contributed by atoms with Gasteiger partial charge < -0.3 is 23.2 Å². The van der Waals surface area contributed by atoms with Crippen LogP contribution in [0, 0.1) is 5.92 Å². The molecule has 0 saturated heterocycles. The van der Waals surface area contributed by atoms with Gasteiger partial charge in [0.2, 0.25) is 5.91 Å². The van der Waals surface area contributed by atoms with Crippen LogP contribution in [0.3, 0.4) is 0 Å². The van der Waals surface area contributed by atoms with Gasteiger partial charge >= 0.3 is 5.97 Å². The number of aliphatic carboxylic acids is 1. The highest BCUT2D eigenvalue weighted by Crippen LogP contribution is 2.13. The summed E-state index contributed by atoms with van der Waals surface area (Å²) >= 11 is 0. The molecule has 0 bridgehead atoms. The Labute approximate surface area is 93.3 Å². The second-order valence-corrected chi connectivity index (χ2v) is 3.33. The molecule has 2 atom stereocenters. The molecule has 5 N–H and O–H groups in total. The Balaban J connectivity index is 0.00000196. The molecule has 0 aromatic rings. The van der Waals surface area contributed by atoms with Gasteiger partial charge in [-0.1, -0.05) is 0 Å². The van der Waals surface area contributed by atoms with Crippen LogP contribution in [0.1, 0.15) is 19.3 Å². The van der Waals surface area contributed by atoms with Gasteiger partial charge in [-0.05, 0) is 12.8 Å². The first-order chi connectivity index (χ1) is 6.61. The van der Waals surface area contributed by atoms with E-state index in [9.17, 15) is 9.59 Å². The third kappa shape index (κ3) is 4.26. The molecule has 1 rings (SSSR count). The Morgan fingerprint density at radius 1 is 1.80 bits per heavy atom. The summed E-state index contributed by atoms with van der Waals surface area (Å²) in [6.07, 6.45) is 3.17. The quantitative estimate of drug-likeness (QED) is 0.458. The van der Waals surface area contributed by atoms with Crippen molar-refractivity contribution in [2.24, 2.45) is 11.0 Å². The highest BCUT2D eigenvalue weighted by atomic mass is 35.5. The molecule has 86 valence electrons. The van der Waals surface area contributed by atoms with E-state index in [1.807, 2.05) is 0 Å². The van der Waals surface area contributed by atoms with E-state index in [4.69, 9.17) is 5.11 Å². The molecule has 0 saturated carbocycles. The van der Waals surface area contributed by atoms with E-state index in [1.54, 1.807) is 6.21 Å². The first kappa shape index (κ1) is 13.9. The molecule has 6 nitrogen and oxygen atoms in total. The summed E-state index contributed by atoms with van der Waals surface area (Å²) in [5.74, 6) is -1.21. The van der Waals surface area contributed by atoms with Gasteiger partial charge in [-0.2, -0.15) is 5.10 Å². The van der Waals surface area contributed by atoms with Crippen molar-refractivity contribution in [1.29, 1.82) is 0 Å². The number of hydrogen-bond acceptors (Lipinski definition) is 3. The van der Waals surface area contributed by atoms with Crippen LogP contribution in [-0.4, -0.2) is 29.2 Å². The molecular formula is C8H14ClN3O3. The number of carboxylic acids is 1. The molecule has 7 heteroatoms. The third-order valence-electron chi connectivity index (χ3n) is 2.24. The van der Waals surface area contributed by atoms with Crippen molar-refractivity contribution in [3.63, 3.8) is 0 Å². The Bertz CT molecular complexity index is 270. The normalized spacial score (nSPS) is 21.4. The maximum atomic E-state index is 11.2. The van der Waals surface area contributed by atoms with Crippen LogP contribution in [-0.2, 0) is 9.59 Å². The summed E-state index contributed by atoms with van der Waals surface area (Å²) < 4.78 is 0. The van der Waals surface area contributed by atoms with Gasteiger partial charge in [-0.3, -0.25) is 4.79 Å². The zero-order valence-corrected chi connectivity index (χ0v) is 8.91. The number of carbonyl (C=O) groups is 2. The van der Waals surface area contributed by atoms with Gasteiger partial charge in [0.05, 0.1) is 0 Å². The lowest BCUT2D eigenvalue weighted by Crippen LogP contribution is -3.00. The van der Waals surface area contributed by atoms with E-state index >= 15 is 0 Å². The fourth-order valence-electron chi connectivity index (χ4n) is 1.26. The van der Waals surface area contributed by atoms with E-state index in [1.165, 1.54) is 0 Å². The van der Waals surface area contributed by atoms with Crippen molar-refractivity contribution < 1.29 is 32.8 Å². The largest absolute Gasteiger partial charge is 1.00 e. The van der Waals surface area contributed by atoms with Gasteiger partial charge in [-0.15, -0.1) is 0 Å². The molecule has 0 aromatic carbocycles. The summed E-state index contributed by atoms with van der Waals surface area (Å²) in [4.78, 5) is 21.6. The highest BCUT2D eigenvalue weighted by molar-refractivity contribution is 5.84. The van der Waals surface area contributed by atoms with Crippen molar-refractivity contribution >= 4 is 18.1 Å². The third-order valence-corrected chi connectivity index (χ3v) is 2.24. The Hall–Kier alpha value is -1.14. The lowest BCUT2D eigenvalue weighted by atomic mass is 9.96. The molecule has 0 spiro atoms. The smallest absolute Gasteiger partial charge is 0.362 e. The molecular weight excluding hydrogens is 222 g/mol. The average molecular weight is 236 g/mol. The first-order valence-electron chi connectivity index (χ1n) is 4.48. The zero-order valence-electron chi connectivity index (χ0n) is 8.15. The monoisotopic (exact) mass is 235 g/mol. The van der Waals surface area contributed by atoms with Crippen LogP contribution in [0.15, 0.2) is 5.10 Å². The van der Waals surface area contributed by atoms with Gasteiger partial charge in [0.1, 0.15) is 0 Å². The Morgan fingerprint density at radius 2 is 2.47 bits per heavy atom. The van der Waals surface area contributed by atoms with Crippen LogP contribution >= 0.6 is 0 Å². The van der Waals surface area contributed by atoms with E-state index in [0.29, 0.717) is 19.3 Å². The number of carbonyl (C=O) groups excluding carboxylic acids is 1. The number of nitrogens with zero attached hydrogens (tertiary/aromatic N) is 1. The van der Waals surface area contributed by atoms with Gasteiger partial charge in [0, 0.05) is 18.6 Å². The van der Waals surface area contributed by atoms with Crippen molar-refractivity contribution in [3.05, 3.63) is 0 Å². The number of amides is 1. The summed E-state index contributed by atoms with van der Waals surface area (Å²) in [7, 11) is 0. The van der Waals surface area contributed by atoms with Crippen molar-refractivity contribution in [1.82, 2.24) is 5.43 Å². The summed E-state index contributed by atoms with van der Waals surface area (Å²) in [5, 5.41) is 12.2. The minimum Gasteiger partial charge on any atom is -1.00 e. The molecule has 1 aliphatic heterocycles. The van der Waals surface area contributed by atoms with Crippen LogP contribution in [0.4, 0.5) is 0 Å². The van der Waals surface area contributed by atoms with Gasteiger partial charge in [0.15, 0.2) is 6.04 Å². The number of nitrogens with one attached hydrogen (secondary N) is 1. The maximum Gasteiger partial charge on any atom is 0.362 e. The maximum absolute atomic E-state index is 11.2. The molecule has 1 amide bonds. The number of halogens is 1. The summed E-state index contributed by atoms with van der Waals surface area (Å²) in [6.45, 7) is 0. The SMILES string of the molecule is [Cl-].[NH3+][C@@H](CC[C@@H]1CC=NNC1=O)C(=O)O. The van der Waals surface area contributed by atoms with Gasteiger partial charge in [0.25, 0.3) is 0 Å². The standard InChI is InChI=1S/C8H13N3O3.ClH/c9-6(8(13)14)2-1-5-3-4-10-11-7(5)12;/h4-6H,1-3,9H2,(H,11,12)(H,13,14);1H/t5-,6+;/m1./s1. The lowest BCUT2D eigenvalue weighted by Gasteiger charge is -2.16. The Morgan fingerprint density at radius 3 is 3.00 bits per heavy atom. The minimum absolute atomic E-state index is 0. The van der Waals surface area contributed by atoms with Crippen LogP contribution in [0.5, 0.6) is 0 Å². The molecule has 0 aliphatic carbocycles. The number of quaternary nitrogens is 1. The number of rotatable bonds is 4. The van der Waals surface area contributed by atoms with Crippen molar-refractivity contribution in [2.75, 3.05) is 0 Å².